The Morgan fingerprint density at radius 2 is 2.19 bits per heavy atom. The molecule has 3 aromatic rings. The summed E-state index contributed by atoms with van der Waals surface area (Å²) >= 11 is 3.13. The number of thioether (sulfide) groups is 1. The molecule has 0 aliphatic carbocycles. The molecule has 0 radical (unpaired) electrons. The first-order valence-electron chi connectivity index (χ1n) is 10.4. The topological polar surface area (TPSA) is 94.1 Å². The first-order valence-corrected chi connectivity index (χ1v) is 12.3. The van der Waals surface area contributed by atoms with Crippen LogP contribution in [0.1, 0.15) is 48.4 Å². The van der Waals surface area contributed by atoms with Crippen molar-refractivity contribution in [1.82, 2.24) is 24.6 Å². The van der Waals surface area contributed by atoms with E-state index in [0.717, 1.165) is 24.1 Å². The Bertz CT molecular complexity index is 1170. The van der Waals surface area contributed by atoms with Gasteiger partial charge >= 0.3 is 0 Å². The average Bonchev–Trinajstić information content (AvgIpc) is 3.53. The molecular weight excluding hydrogens is 434 g/mol. The van der Waals surface area contributed by atoms with Crippen molar-refractivity contribution < 1.29 is 9.21 Å². The largest absolute Gasteiger partial charge is 0.420 e. The number of amides is 1. The lowest BCUT2D eigenvalue weighted by atomic mass is 9.97. The van der Waals surface area contributed by atoms with Gasteiger partial charge in [-0.05, 0) is 38.1 Å². The van der Waals surface area contributed by atoms with Crippen molar-refractivity contribution in [3.05, 3.63) is 44.3 Å². The number of piperidine rings is 1. The fourth-order valence-corrected chi connectivity index (χ4v) is 5.97. The summed E-state index contributed by atoms with van der Waals surface area (Å²) in [6.45, 7) is 4.93. The second kappa shape index (κ2) is 8.23. The summed E-state index contributed by atoms with van der Waals surface area (Å²) in [7, 11) is 0. The van der Waals surface area contributed by atoms with Gasteiger partial charge in [0.25, 0.3) is 5.56 Å². The Kier molecular flexibility index (Phi) is 5.43. The van der Waals surface area contributed by atoms with Gasteiger partial charge in [0.2, 0.25) is 17.7 Å². The van der Waals surface area contributed by atoms with Crippen molar-refractivity contribution in [3.63, 3.8) is 0 Å². The zero-order valence-corrected chi connectivity index (χ0v) is 19.0. The minimum atomic E-state index is -0.152. The van der Waals surface area contributed by atoms with Gasteiger partial charge in [0.05, 0.1) is 12.0 Å². The van der Waals surface area contributed by atoms with E-state index in [4.69, 9.17) is 4.42 Å². The predicted octanol–water partition coefficient (Wildman–Crippen LogP) is 3.41. The number of hydrogen-bond donors (Lipinski definition) is 0. The van der Waals surface area contributed by atoms with Crippen molar-refractivity contribution in [2.45, 2.75) is 50.2 Å². The molecule has 2 aliphatic rings. The SMILES string of the molecule is Cc1nc2n(c(=O)c1C)[C@@H](CC(=O)N1CCC[C@@H](c3nnc(-c4ccsc4)o3)C1)CS2. The first kappa shape index (κ1) is 20.4. The number of nitrogens with zero attached hydrogens (tertiary/aromatic N) is 5. The van der Waals surface area contributed by atoms with Gasteiger partial charge in [-0.25, -0.2) is 4.98 Å². The minimum Gasteiger partial charge on any atom is -0.420 e. The Labute approximate surface area is 187 Å². The van der Waals surface area contributed by atoms with E-state index in [1.54, 1.807) is 34.6 Å². The highest BCUT2D eigenvalue weighted by Gasteiger charge is 2.33. The van der Waals surface area contributed by atoms with Gasteiger partial charge in [-0.3, -0.25) is 14.2 Å². The minimum absolute atomic E-state index is 0.0337. The maximum atomic E-state index is 13.1. The van der Waals surface area contributed by atoms with Gasteiger partial charge in [-0.1, -0.05) is 11.8 Å². The second-order valence-electron chi connectivity index (χ2n) is 8.09. The van der Waals surface area contributed by atoms with Gasteiger partial charge in [-0.2, -0.15) is 11.3 Å². The van der Waals surface area contributed by atoms with Crippen LogP contribution in [0.4, 0.5) is 0 Å². The normalized spacial score (nSPS) is 20.8. The van der Waals surface area contributed by atoms with Crippen molar-refractivity contribution in [2.24, 2.45) is 0 Å². The monoisotopic (exact) mass is 457 g/mol. The molecule has 5 heterocycles. The van der Waals surface area contributed by atoms with Crippen molar-refractivity contribution in [3.8, 4) is 11.5 Å². The molecule has 10 heteroatoms. The van der Waals surface area contributed by atoms with Crippen LogP contribution < -0.4 is 5.56 Å². The maximum Gasteiger partial charge on any atom is 0.257 e. The van der Waals surface area contributed by atoms with Gasteiger partial charge in [0.1, 0.15) is 0 Å². The van der Waals surface area contributed by atoms with Crippen LogP contribution >= 0.6 is 23.1 Å². The van der Waals surface area contributed by atoms with Crippen LogP contribution in [0.3, 0.4) is 0 Å². The number of carbonyl (C=O) groups excluding carboxylic acids is 1. The highest BCUT2D eigenvalue weighted by atomic mass is 32.2. The fourth-order valence-electron chi connectivity index (χ4n) is 4.16. The molecule has 1 amide bonds. The molecule has 0 N–H and O–H groups in total. The number of fused-ring (bicyclic) bond motifs is 1. The van der Waals surface area contributed by atoms with Crippen LogP contribution in [0.2, 0.25) is 0 Å². The molecule has 2 atom stereocenters. The summed E-state index contributed by atoms with van der Waals surface area (Å²) in [5.74, 6) is 1.91. The molecule has 0 unspecified atom stereocenters. The van der Waals surface area contributed by atoms with E-state index in [1.807, 2.05) is 28.7 Å². The van der Waals surface area contributed by atoms with Gasteiger partial charge in [-0.15, -0.1) is 10.2 Å². The summed E-state index contributed by atoms with van der Waals surface area (Å²) in [4.78, 5) is 32.3. The molecule has 3 aromatic heterocycles. The number of aromatic nitrogens is 4. The Morgan fingerprint density at radius 1 is 1.32 bits per heavy atom. The average molecular weight is 458 g/mol. The van der Waals surface area contributed by atoms with Crippen LogP contribution in [0.15, 0.2) is 31.2 Å². The van der Waals surface area contributed by atoms with E-state index in [-0.39, 0.29) is 23.4 Å². The van der Waals surface area contributed by atoms with Crippen molar-refractivity contribution >= 4 is 29.0 Å². The lowest BCUT2D eigenvalue weighted by molar-refractivity contribution is -0.133. The first-order chi connectivity index (χ1) is 15.0. The van der Waals surface area contributed by atoms with Gasteiger partial charge in [0.15, 0.2) is 5.16 Å². The van der Waals surface area contributed by atoms with Crippen LogP contribution in [0.5, 0.6) is 0 Å². The smallest absolute Gasteiger partial charge is 0.257 e. The lowest BCUT2D eigenvalue weighted by Crippen LogP contribution is -2.40. The van der Waals surface area contributed by atoms with E-state index in [0.29, 0.717) is 47.8 Å². The maximum absolute atomic E-state index is 13.1. The number of rotatable bonds is 4. The van der Waals surface area contributed by atoms with E-state index < -0.39 is 0 Å². The molecule has 1 saturated heterocycles. The van der Waals surface area contributed by atoms with E-state index in [1.165, 1.54) is 0 Å². The van der Waals surface area contributed by atoms with Gasteiger partial charge < -0.3 is 9.32 Å². The molecule has 1 fully saturated rings. The fraction of sp³-hybridized carbons (Fsp3) is 0.476. The number of aryl methyl sites for hydroxylation is 1. The summed E-state index contributed by atoms with van der Waals surface area (Å²) < 4.78 is 7.61. The van der Waals surface area contributed by atoms with E-state index in [2.05, 4.69) is 15.2 Å². The molecule has 2 aliphatic heterocycles. The summed E-state index contributed by atoms with van der Waals surface area (Å²) in [6.07, 6.45) is 2.11. The Morgan fingerprint density at radius 3 is 3.00 bits per heavy atom. The molecule has 0 bridgehead atoms. The third-order valence-corrected chi connectivity index (χ3v) is 7.84. The van der Waals surface area contributed by atoms with Crippen LogP contribution in [-0.2, 0) is 4.79 Å². The summed E-state index contributed by atoms with van der Waals surface area (Å²) in [5.41, 5.74) is 2.30. The summed E-state index contributed by atoms with van der Waals surface area (Å²) in [5, 5.41) is 13.1. The number of likely N-dealkylation sites (tertiary alicyclic amines) is 1. The molecule has 162 valence electrons. The van der Waals surface area contributed by atoms with E-state index in [9.17, 15) is 9.59 Å². The molecular formula is C21H23N5O3S2. The third-order valence-electron chi connectivity index (χ3n) is 6.06. The zero-order chi connectivity index (χ0) is 21.5. The molecule has 31 heavy (non-hydrogen) atoms. The molecule has 5 rings (SSSR count). The number of thiophene rings is 1. The van der Waals surface area contributed by atoms with Crippen LogP contribution in [0, 0.1) is 13.8 Å². The van der Waals surface area contributed by atoms with E-state index >= 15 is 0 Å². The number of hydrogen-bond acceptors (Lipinski definition) is 8. The summed E-state index contributed by atoms with van der Waals surface area (Å²) in [6, 6.07) is 1.80. The standard InChI is InChI=1S/C21H23N5O3S2/c1-12-13(2)22-21-26(20(12)28)16(11-31-21)8-17(27)25-6-3-4-14(9-25)18-23-24-19(29-18)15-5-7-30-10-15/h5,7,10,14,16H,3-4,6,8-9,11H2,1-2H3/t14-,16+/m1/s1. The molecule has 8 nitrogen and oxygen atoms in total. The zero-order valence-electron chi connectivity index (χ0n) is 17.4. The highest BCUT2D eigenvalue weighted by molar-refractivity contribution is 7.99. The highest BCUT2D eigenvalue weighted by Crippen LogP contribution is 2.34. The number of carbonyl (C=O) groups is 1. The lowest BCUT2D eigenvalue weighted by Gasteiger charge is -2.32. The van der Waals surface area contributed by atoms with Gasteiger partial charge in [0, 0.05) is 47.5 Å². The quantitative estimate of drug-likeness (QED) is 0.554. The Hall–Kier alpha value is -2.46. The van der Waals surface area contributed by atoms with Crippen LogP contribution in [0.25, 0.3) is 11.5 Å². The molecule has 0 spiro atoms. The predicted molar refractivity (Wildman–Crippen MR) is 119 cm³/mol. The molecule has 0 aromatic carbocycles. The third kappa shape index (κ3) is 3.82. The van der Waals surface area contributed by atoms with Crippen molar-refractivity contribution in [2.75, 3.05) is 18.8 Å². The molecule has 0 saturated carbocycles. The van der Waals surface area contributed by atoms with Crippen molar-refractivity contribution in [1.29, 1.82) is 0 Å². The second-order valence-corrected chi connectivity index (χ2v) is 9.85. The Balaban J connectivity index is 1.28. The van der Waals surface area contributed by atoms with Crippen LogP contribution in [-0.4, -0.2) is 49.4 Å².